The molecule has 0 N–H and O–H groups in total. The number of likely N-dealkylation sites (tertiary alicyclic amines) is 1. The molecule has 7 nitrogen and oxygen atoms in total. The van der Waals surface area contributed by atoms with Crippen LogP contribution in [0.5, 0.6) is 5.75 Å². The molecular weight excluding hydrogens is 294 g/mol. The zero-order valence-electron chi connectivity index (χ0n) is 13.5. The monoisotopic (exact) mass is 315 g/mol. The number of hydrogen-bond acceptors (Lipinski definition) is 5. The molecule has 1 amide bonds. The molecule has 2 heterocycles. The molecule has 0 unspecified atom stereocenters. The molecule has 23 heavy (non-hydrogen) atoms. The van der Waals surface area contributed by atoms with Gasteiger partial charge in [-0.25, -0.2) is 0 Å². The minimum absolute atomic E-state index is 0.0480. The second-order valence-corrected chi connectivity index (χ2v) is 5.81. The van der Waals surface area contributed by atoms with Crippen LogP contribution in [0.15, 0.2) is 24.3 Å². The molecule has 0 radical (unpaired) electrons. The summed E-state index contributed by atoms with van der Waals surface area (Å²) in [6.45, 7) is 3.03. The van der Waals surface area contributed by atoms with Crippen LogP contribution in [0.3, 0.4) is 0 Å². The third kappa shape index (κ3) is 3.49. The van der Waals surface area contributed by atoms with E-state index in [2.05, 4.69) is 22.3 Å². The zero-order chi connectivity index (χ0) is 16.2. The fourth-order valence-corrected chi connectivity index (χ4v) is 2.87. The van der Waals surface area contributed by atoms with Crippen LogP contribution < -0.4 is 4.74 Å². The van der Waals surface area contributed by atoms with Gasteiger partial charge in [-0.3, -0.25) is 4.79 Å². The molecule has 7 heteroatoms. The van der Waals surface area contributed by atoms with Crippen LogP contribution in [0.25, 0.3) is 11.4 Å². The topological polar surface area (TPSA) is 73.1 Å². The van der Waals surface area contributed by atoms with Crippen molar-refractivity contribution in [3.8, 4) is 17.1 Å². The summed E-state index contributed by atoms with van der Waals surface area (Å²) in [7, 11) is 1.61. The van der Waals surface area contributed by atoms with Gasteiger partial charge in [-0.2, -0.15) is 4.80 Å². The lowest BCUT2D eigenvalue weighted by Gasteiger charge is -2.33. The average molecular weight is 315 g/mol. The third-order valence-corrected chi connectivity index (χ3v) is 4.18. The van der Waals surface area contributed by atoms with Gasteiger partial charge in [-0.1, -0.05) is 12.1 Å². The molecule has 1 saturated heterocycles. The van der Waals surface area contributed by atoms with Gasteiger partial charge in [0.2, 0.25) is 11.7 Å². The minimum atomic E-state index is 0.0480. The highest BCUT2D eigenvalue weighted by atomic mass is 16.5. The van der Waals surface area contributed by atoms with E-state index in [-0.39, 0.29) is 18.5 Å². The van der Waals surface area contributed by atoms with Crippen molar-refractivity contribution in [3.05, 3.63) is 24.3 Å². The van der Waals surface area contributed by atoms with Crippen molar-refractivity contribution in [2.75, 3.05) is 13.7 Å². The SMILES string of the molecule is COc1cccc(-c2nnn(CC(=O)N3CCCC[C@@H]3C)n2)c1. The van der Waals surface area contributed by atoms with Gasteiger partial charge in [-0.05, 0) is 43.5 Å². The Bertz CT molecular complexity index is 685. The average Bonchev–Trinajstić information content (AvgIpc) is 3.03. The molecule has 1 aliphatic rings. The lowest BCUT2D eigenvalue weighted by atomic mass is 10.0. The summed E-state index contributed by atoms with van der Waals surface area (Å²) in [4.78, 5) is 15.7. The second-order valence-electron chi connectivity index (χ2n) is 5.81. The highest BCUT2D eigenvalue weighted by Gasteiger charge is 2.23. The van der Waals surface area contributed by atoms with E-state index in [0.717, 1.165) is 30.7 Å². The summed E-state index contributed by atoms with van der Waals surface area (Å²) < 4.78 is 5.20. The van der Waals surface area contributed by atoms with Crippen molar-refractivity contribution in [2.45, 2.75) is 38.8 Å². The highest BCUT2D eigenvalue weighted by Crippen LogP contribution is 2.20. The molecule has 122 valence electrons. The molecule has 1 aliphatic heterocycles. The number of aromatic nitrogens is 4. The molecule has 0 saturated carbocycles. The number of hydrogen-bond donors (Lipinski definition) is 0. The summed E-state index contributed by atoms with van der Waals surface area (Å²) in [6, 6.07) is 7.75. The number of nitrogens with zero attached hydrogens (tertiary/aromatic N) is 5. The van der Waals surface area contributed by atoms with E-state index in [0.29, 0.717) is 5.82 Å². The van der Waals surface area contributed by atoms with Crippen molar-refractivity contribution in [2.24, 2.45) is 0 Å². The summed E-state index contributed by atoms with van der Waals surface area (Å²) >= 11 is 0. The van der Waals surface area contributed by atoms with Crippen molar-refractivity contribution >= 4 is 5.91 Å². The smallest absolute Gasteiger partial charge is 0.246 e. The first kappa shape index (κ1) is 15.5. The van der Waals surface area contributed by atoms with E-state index in [1.807, 2.05) is 29.2 Å². The Morgan fingerprint density at radius 1 is 1.39 bits per heavy atom. The van der Waals surface area contributed by atoms with Gasteiger partial charge >= 0.3 is 0 Å². The molecule has 0 spiro atoms. The highest BCUT2D eigenvalue weighted by molar-refractivity contribution is 5.76. The van der Waals surface area contributed by atoms with E-state index in [4.69, 9.17) is 4.74 Å². The maximum atomic E-state index is 12.4. The predicted octanol–water partition coefficient (Wildman–Crippen LogP) is 1.75. The molecule has 2 aromatic rings. The van der Waals surface area contributed by atoms with Gasteiger partial charge in [0, 0.05) is 18.2 Å². The molecule has 1 atom stereocenters. The zero-order valence-corrected chi connectivity index (χ0v) is 13.5. The Morgan fingerprint density at radius 3 is 3.04 bits per heavy atom. The number of tetrazole rings is 1. The maximum absolute atomic E-state index is 12.4. The number of rotatable bonds is 4. The van der Waals surface area contributed by atoms with Crippen LogP contribution in [0.4, 0.5) is 0 Å². The van der Waals surface area contributed by atoms with Crippen LogP contribution >= 0.6 is 0 Å². The molecule has 0 aliphatic carbocycles. The summed E-state index contributed by atoms with van der Waals surface area (Å²) in [5, 5.41) is 12.3. The fourth-order valence-electron chi connectivity index (χ4n) is 2.87. The van der Waals surface area contributed by atoms with Crippen LogP contribution in [0.1, 0.15) is 26.2 Å². The first-order valence-corrected chi connectivity index (χ1v) is 7.89. The van der Waals surface area contributed by atoms with E-state index in [1.165, 1.54) is 11.2 Å². The molecule has 1 aromatic carbocycles. The molecule has 1 fully saturated rings. The third-order valence-electron chi connectivity index (χ3n) is 4.18. The standard InChI is InChI=1S/C16H21N5O2/c1-12-6-3-4-9-20(12)15(22)11-21-18-16(17-19-21)13-7-5-8-14(10-13)23-2/h5,7-8,10,12H,3-4,6,9,11H2,1-2H3/t12-/m0/s1. The quantitative estimate of drug-likeness (QED) is 0.859. The van der Waals surface area contributed by atoms with Gasteiger partial charge in [0.25, 0.3) is 0 Å². The number of ether oxygens (including phenoxy) is 1. The summed E-state index contributed by atoms with van der Waals surface area (Å²) in [6.07, 6.45) is 3.31. The normalized spacial score (nSPS) is 18.0. The Morgan fingerprint density at radius 2 is 2.26 bits per heavy atom. The molecule has 1 aromatic heterocycles. The lowest BCUT2D eigenvalue weighted by molar-refractivity contribution is -0.135. The van der Waals surface area contributed by atoms with Gasteiger partial charge in [0.15, 0.2) is 0 Å². The number of amides is 1. The minimum Gasteiger partial charge on any atom is -0.497 e. The number of carbonyl (C=O) groups excluding carboxylic acids is 1. The number of carbonyl (C=O) groups is 1. The second kappa shape index (κ2) is 6.76. The number of benzene rings is 1. The van der Waals surface area contributed by atoms with Gasteiger partial charge in [0.05, 0.1) is 7.11 Å². The molecular formula is C16H21N5O2. The lowest BCUT2D eigenvalue weighted by Crippen LogP contribution is -2.43. The van der Waals surface area contributed by atoms with Crippen molar-refractivity contribution in [1.82, 2.24) is 25.1 Å². The predicted molar refractivity (Wildman–Crippen MR) is 84.8 cm³/mol. The van der Waals surface area contributed by atoms with Gasteiger partial charge in [-0.15, -0.1) is 10.2 Å². The summed E-state index contributed by atoms with van der Waals surface area (Å²) in [5.74, 6) is 1.27. The Hall–Kier alpha value is -2.44. The van der Waals surface area contributed by atoms with Gasteiger partial charge < -0.3 is 9.64 Å². The molecule has 0 bridgehead atoms. The summed E-state index contributed by atoms with van der Waals surface area (Å²) in [5.41, 5.74) is 0.814. The fraction of sp³-hybridized carbons (Fsp3) is 0.500. The van der Waals surface area contributed by atoms with Crippen molar-refractivity contribution in [3.63, 3.8) is 0 Å². The van der Waals surface area contributed by atoms with Crippen LogP contribution in [0.2, 0.25) is 0 Å². The van der Waals surface area contributed by atoms with Crippen molar-refractivity contribution < 1.29 is 9.53 Å². The largest absolute Gasteiger partial charge is 0.497 e. The maximum Gasteiger partial charge on any atom is 0.246 e. The van der Waals surface area contributed by atoms with E-state index < -0.39 is 0 Å². The van der Waals surface area contributed by atoms with Crippen LogP contribution in [-0.4, -0.2) is 50.7 Å². The van der Waals surface area contributed by atoms with E-state index in [9.17, 15) is 4.79 Å². The Kier molecular flexibility index (Phi) is 4.55. The van der Waals surface area contributed by atoms with Gasteiger partial charge in [0.1, 0.15) is 12.3 Å². The number of piperidine rings is 1. The van der Waals surface area contributed by atoms with E-state index in [1.54, 1.807) is 7.11 Å². The first-order chi connectivity index (χ1) is 11.2. The Balaban J connectivity index is 1.70. The Labute approximate surface area is 135 Å². The molecule has 3 rings (SSSR count). The van der Waals surface area contributed by atoms with Crippen LogP contribution in [0, 0.1) is 0 Å². The van der Waals surface area contributed by atoms with Crippen LogP contribution in [-0.2, 0) is 11.3 Å². The first-order valence-electron chi connectivity index (χ1n) is 7.89. The number of methoxy groups -OCH3 is 1. The van der Waals surface area contributed by atoms with Crippen molar-refractivity contribution in [1.29, 1.82) is 0 Å². The van der Waals surface area contributed by atoms with E-state index >= 15 is 0 Å².